The van der Waals surface area contributed by atoms with E-state index in [-0.39, 0.29) is 6.04 Å². The standard InChI is InChI=1S/C12H15NO2/c1-13(12(14)15)11-8-4-6-9-5-2-3-7-10(9)11/h2-3,5,7,11H,4,6,8H2,1H3,(H,14,15). The Morgan fingerprint density at radius 3 is 2.93 bits per heavy atom. The fourth-order valence-electron chi connectivity index (χ4n) is 2.26. The molecule has 0 aromatic heterocycles. The van der Waals surface area contributed by atoms with Crippen LogP contribution >= 0.6 is 0 Å². The molecule has 3 nitrogen and oxygen atoms in total. The van der Waals surface area contributed by atoms with E-state index in [1.807, 2.05) is 18.2 Å². The van der Waals surface area contributed by atoms with Crippen molar-refractivity contribution in [3.63, 3.8) is 0 Å². The Bertz CT molecular complexity index is 376. The highest BCUT2D eigenvalue weighted by atomic mass is 16.4. The van der Waals surface area contributed by atoms with Gasteiger partial charge in [0.1, 0.15) is 0 Å². The number of nitrogens with zero attached hydrogens (tertiary/aromatic N) is 1. The Labute approximate surface area is 89.3 Å². The van der Waals surface area contributed by atoms with E-state index < -0.39 is 6.09 Å². The first-order chi connectivity index (χ1) is 7.20. The molecule has 0 fully saturated rings. The number of rotatable bonds is 1. The molecule has 1 aromatic rings. The second-order valence-corrected chi connectivity index (χ2v) is 4.00. The van der Waals surface area contributed by atoms with Crippen LogP contribution in [0.4, 0.5) is 4.79 Å². The lowest BCUT2D eigenvalue weighted by molar-refractivity contribution is 0.133. The highest BCUT2D eigenvalue weighted by Crippen LogP contribution is 2.33. The molecule has 80 valence electrons. The minimum absolute atomic E-state index is 0.0347. The average molecular weight is 205 g/mol. The van der Waals surface area contributed by atoms with Gasteiger partial charge in [0, 0.05) is 7.05 Å². The number of amides is 1. The summed E-state index contributed by atoms with van der Waals surface area (Å²) in [5.41, 5.74) is 2.47. The van der Waals surface area contributed by atoms with Crippen LogP contribution < -0.4 is 0 Å². The smallest absolute Gasteiger partial charge is 0.407 e. The summed E-state index contributed by atoms with van der Waals surface area (Å²) in [6.07, 6.45) is 2.22. The van der Waals surface area contributed by atoms with Crippen LogP contribution in [0.1, 0.15) is 30.0 Å². The molecule has 0 heterocycles. The Morgan fingerprint density at radius 2 is 2.20 bits per heavy atom. The molecule has 0 saturated carbocycles. The number of carbonyl (C=O) groups is 1. The molecule has 1 aliphatic rings. The number of fused-ring (bicyclic) bond motifs is 1. The van der Waals surface area contributed by atoms with Crippen molar-refractivity contribution in [3.05, 3.63) is 35.4 Å². The monoisotopic (exact) mass is 205 g/mol. The Kier molecular flexibility index (Phi) is 2.62. The SMILES string of the molecule is CN(C(=O)O)C1CCCc2ccccc21. The van der Waals surface area contributed by atoms with E-state index in [0.717, 1.165) is 19.3 Å². The van der Waals surface area contributed by atoms with Gasteiger partial charge in [-0.2, -0.15) is 0 Å². The van der Waals surface area contributed by atoms with Gasteiger partial charge in [-0.05, 0) is 30.4 Å². The van der Waals surface area contributed by atoms with Gasteiger partial charge in [-0.25, -0.2) is 4.79 Å². The third-order valence-corrected chi connectivity index (χ3v) is 3.11. The fraction of sp³-hybridized carbons (Fsp3) is 0.417. The lowest BCUT2D eigenvalue weighted by Crippen LogP contribution is -2.31. The zero-order valence-corrected chi connectivity index (χ0v) is 8.81. The minimum atomic E-state index is -0.850. The number of aryl methyl sites for hydroxylation is 1. The molecule has 1 aliphatic carbocycles. The van der Waals surface area contributed by atoms with Gasteiger partial charge in [0.25, 0.3) is 0 Å². The summed E-state index contributed by atoms with van der Waals surface area (Å²) < 4.78 is 0. The zero-order chi connectivity index (χ0) is 10.8. The highest BCUT2D eigenvalue weighted by molar-refractivity contribution is 5.65. The highest BCUT2D eigenvalue weighted by Gasteiger charge is 2.25. The minimum Gasteiger partial charge on any atom is -0.465 e. The summed E-state index contributed by atoms with van der Waals surface area (Å²) in [5.74, 6) is 0. The van der Waals surface area contributed by atoms with Gasteiger partial charge < -0.3 is 10.0 Å². The van der Waals surface area contributed by atoms with Gasteiger partial charge >= 0.3 is 6.09 Å². The van der Waals surface area contributed by atoms with E-state index in [1.54, 1.807) is 7.05 Å². The van der Waals surface area contributed by atoms with Crippen molar-refractivity contribution in [1.29, 1.82) is 0 Å². The summed E-state index contributed by atoms with van der Waals surface area (Å²) in [6.45, 7) is 0. The van der Waals surface area contributed by atoms with Crippen molar-refractivity contribution in [2.24, 2.45) is 0 Å². The van der Waals surface area contributed by atoms with Crippen LogP contribution in [0.25, 0.3) is 0 Å². The van der Waals surface area contributed by atoms with Crippen molar-refractivity contribution in [2.45, 2.75) is 25.3 Å². The second-order valence-electron chi connectivity index (χ2n) is 4.00. The number of hydrogen-bond acceptors (Lipinski definition) is 1. The fourth-order valence-corrected chi connectivity index (χ4v) is 2.26. The molecule has 0 spiro atoms. The molecule has 1 atom stereocenters. The number of hydrogen-bond donors (Lipinski definition) is 1. The van der Waals surface area contributed by atoms with E-state index in [0.29, 0.717) is 0 Å². The van der Waals surface area contributed by atoms with E-state index in [4.69, 9.17) is 5.11 Å². The van der Waals surface area contributed by atoms with E-state index in [1.165, 1.54) is 16.0 Å². The summed E-state index contributed by atoms with van der Waals surface area (Å²) >= 11 is 0. The van der Waals surface area contributed by atoms with Crippen LogP contribution in [-0.2, 0) is 6.42 Å². The van der Waals surface area contributed by atoms with Crippen LogP contribution in [0.5, 0.6) is 0 Å². The summed E-state index contributed by atoms with van der Waals surface area (Å²) in [7, 11) is 1.65. The normalized spacial score (nSPS) is 19.4. The Balaban J connectivity index is 2.33. The van der Waals surface area contributed by atoms with Crippen molar-refractivity contribution in [3.8, 4) is 0 Å². The lowest BCUT2D eigenvalue weighted by atomic mass is 9.87. The third kappa shape index (κ3) is 1.82. The quantitative estimate of drug-likeness (QED) is 0.765. The van der Waals surface area contributed by atoms with Crippen molar-refractivity contribution in [1.82, 2.24) is 4.90 Å². The van der Waals surface area contributed by atoms with Crippen molar-refractivity contribution < 1.29 is 9.90 Å². The molecule has 2 rings (SSSR count). The molecule has 0 saturated heterocycles. The van der Waals surface area contributed by atoms with Crippen molar-refractivity contribution in [2.75, 3.05) is 7.05 Å². The molecule has 1 amide bonds. The molecule has 0 aliphatic heterocycles. The molecule has 15 heavy (non-hydrogen) atoms. The Hall–Kier alpha value is -1.51. The van der Waals surface area contributed by atoms with E-state index >= 15 is 0 Å². The van der Waals surface area contributed by atoms with Crippen LogP contribution in [0.15, 0.2) is 24.3 Å². The molecule has 1 aromatic carbocycles. The van der Waals surface area contributed by atoms with Gasteiger partial charge in [0.15, 0.2) is 0 Å². The van der Waals surface area contributed by atoms with Crippen molar-refractivity contribution >= 4 is 6.09 Å². The molecule has 1 unspecified atom stereocenters. The van der Waals surface area contributed by atoms with Gasteiger partial charge in [-0.3, -0.25) is 0 Å². The summed E-state index contributed by atoms with van der Waals surface area (Å²) in [5, 5.41) is 8.99. The van der Waals surface area contributed by atoms with Gasteiger partial charge in [0.05, 0.1) is 6.04 Å². The summed E-state index contributed by atoms with van der Waals surface area (Å²) in [4.78, 5) is 12.3. The van der Waals surface area contributed by atoms with Crippen LogP contribution in [0, 0.1) is 0 Å². The molecular weight excluding hydrogens is 190 g/mol. The molecule has 0 bridgehead atoms. The lowest BCUT2D eigenvalue weighted by Gasteiger charge is -2.31. The first-order valence-corrected chi connectivity index (χ1v) is 5.23. The summed E-state index contributed by atoms with van der Waals surface area (Å²) in [6, 6.07) is 8.16. The van der Waals surface area contributed by atoms with Gasteiger partial charge in [-0.15, -0.1) is 0 Å². The largest absolute Gasteiger partial charge is 0.465 e. The average Bonchev–Trinajstić information content (AvgIpc) is 2.27. The van der Waals surface area contributed by atoms with E-state index in [9.17, 15) is 4.79 Å². The predicted octanol–water partition coefficient (Wildman–Crippen LogP) is 2.67. The van der Waals surface area contributed by atoms with E-state index in [2.05, 4.69) is 6.07 Å². The van der Waals surface area contributed by atoms with Crippen LogP contribution in [0.2, 0.25) is 0 Å². The molecule has 3 heteroatoms. The Morgan fingerprint density at radius 1 is 1.47 bits per heavy atom. The first kappa shape index (κ1) is 10.0. The topological polar surface area (TPSA) is 40.5 Å². The molecule has 1 N–H and O–H groups in total. The van der Waals surface area contributed by atoms with Gasteiger partial charge in [-0.1, -0.05) is 24.3 Å². The number of benzene rings is 1. The molecule has 0 radical (unpaired) electrons. The maximum absolute atomic E-state index is 10.9. The molecular formula is C12H15NO2. The maximum atomic E-state index is 10.9. The zero-order valence-electron chi connectivity index (χ0n) is 8.81. The van der Waals surface area contributed by atoms with Gasteiger partial charge in [0.2, 0.25) is 0 Å². The van der Waals surface area contributed by atoms with Crippen LogP contribution in [-0.4, -0.2) is 23.1 Å². The predicted molar refractivity (Wildman–Crippen MR) is 57.9 cm³/mol. The second kappa shape index (κ2) is 3.93. The van der Waals surface area contributed by atoms with Crippen LogP contribution in [0.3, 0.4) is 0 Å². The third-order valence-electron chi connectivity index (χ3n) is 3.11. The first-order valence-electron chi connectivity index (χ1n) is 5.23. The maximum Gasteiger partial charge on any atom is 0.407 e. The number of carboxylic acid groups (broad SMARTS) is 1.